The van der Waals surface area contributed by atoms with Gasteiger partial charge in [0.25, 0.3) is 0 Å². The fourth-order valence-electron chi connectivity index (χ4n) is 4.43. The minimum atomic E-state index is -4.47. The molecule has 1 aromatic carbocycles. The van der Waals surface area contributed by atoms with Gasteiger partial charge in [-0.2, -0.15) is 13.2 Å². The van der Waals surface area contributed by atoms with Gasteiger partial charge in [-0.15, -0.1) is 0 Å². The van der Waals surface area contributed by atoms with Crippen LogP contribution in [0.3, 0.4) is 0 Å². The van der Waals surface area contributed by atoms with Gasteiger partial charge < -0.3 is 20.1 Å². The number of aromatic nitrogens is 1. The van der Waals surface area contributed by atoms with E-state index < -0.39 is 11.7 Å². The molecule has 2 saturated heterocycles. The Morgan fingerprint density at radius 1 is 1.34 bits per heavy atom. The van der Waals surface area contributed by atoms with Crippen LogP contribution in [0.2, 0.25) is 0 Å². The molecule has 2 aliphatic heterocycles. The number of hydrogen-bond acceptors (Lipinski definition) is 5. The lowest BCUT2D eigenvalue weighted by atomic mass is 10.1. The van der Waals surface area contributed by atoms with Gasteiger partial charge in [-0.1, -0.05) is 6.92 Å². The van der Waals surface area contributed by atoms with Crippen molar-refractivity contribution in [3.63, 3.8) is 0 Å². The average molecular weight is 492 g/mol. The van der Waals surface area contributed by atoms with Crippen molar-refractivity contribution in [2.45, 2.75) is 44.5 Å². The van der Waals surface area contributed by atoms with Crippen LogP contribution in [-0.2, 0) is 20.4 Å². The van der Waals surface area contributed by atoms with Gasteiger partial charge in [-0.25, -0.2) is 0 Å². The zero-order valence-corrected chi connectivity index (χ0v) is 19.7. The predicted molar refractivity (Wildman–Crippen MR) is 124 cm³/mol. The number of halogens is 3. The molecule has 7 nitrogen and oxygen atoms in total. The molecule has 2 N–H and O–H groups in total. The minimum absolute atomic E-state index is 0.0782. The third-order valence-electron chi connectivity index (χ3n) is 6.30. The second-order valence-electron chi connectivity index (χ2n) is 8.80. The summed E-state index contributed by atoms with van der Waals surface area (Å²) in [7, 11) is 0. The largest absolute Gasteiger partial charge is 0.416 e. The first-order valence-corrected chi connectivity index (χ1v) is 11.9. The Morgan fingerprint density at radius 2 is 2.14 bits per heavy atom. The van der Waals surface area contributed by atoms with Crippen LogP contribution in [-0.4, -0.2) is 62.4 Å². The van der Waals surface area contributed by atoms with Gasteiger partial charge in [0.1, 0.15) is 0 Å². The third-order valence-corrected chi connectivity index (χ3v) is 6.30. The fraction of sp³-hybridized carbons (Fsp3) is 0.520. The summed E-state index contributed by atoms with van der Waals surface area (Å²) in [6.07, 6.45) is 2.69. The standard InChI is InChI=1S/C25H29F3N4O3/c1-2-9-35-23-16-32(19-6-10-34-11-7-19)15-17(23)13-31-24(33)14-30-22-5-8-29-21-4-3-18(12-20(21)22)25(26,27)28/h3-5,12-13,19,23H,2,6-7,9-11,14-16H2,1H3,(H,31,33)/p+1/b17-13-/t23-/m0/s1. The summed E-state index contributed by atoms with van der Waals surface area (Å²) in [6.45, 7) is 5.60. The molecule has 1 amide bonds. The second-order valence-corrected chi connectivity index (χ2v) is 8.80. The van der Waals surface area contributed by atoms with Crippen molar-refractivity contribution >= 4 is 22.5 Å². The fourth-order valence-corrected chi connectivity index (χ4v) is 4.43. The highest BCUT2D eigenvalue weighted by molar-refractivity contribution is 5.91. The lowest BCUT2D eigenvalue weighted by molar-refractivity contribution is -0.258. The third kappa shape index (κ3) is 6.42. The van der Waals surface area contributed by atoms with Crippen LogP contribution in [0.25, 0.3) is 10.9 Å². The number of nitrogens with zero attached hydrogens (tertiary/aromatic N) is 2. The Hall–Kier alpha value is -2.87. The Balaban J connectivity index is 1.39. The van der Waals surface area contributed by atoms with Crippen molar-refractivity contribution in [2.75, 3.05) is 44.8 Å². The van der Waals surface area contributed by atoms with Gasteiger partial charge in [-0.3, -0.25) is 9.69 Å². The Labute approximate surface area is 202 Å². The molecule has 0 aliphatic carbocycles. The van der Waals surface area contributed by atoms with Gasteiger partial charge >= 0.3 is 17.9 Å². The molecular weight excluding hydrogens is 461 g/mol. The second kappa shape index (κ2) is 11.2. The molecular formula is C25H30F3N4O3+. The van der Waals surface area contributed by atoms with Crippen LogP contribution < -0.4 is 15.6 Å². The predicted octanol–water partition coefficient (Wildman–Crippen LogP) is 2.96. The molecule has 0 spiro atoms. The number of hydrogen-bond donors (Lipinski definition) is 2. The lowest BCUT2D eigenvalue weighted by Crippen LogP contribution is -2.38. The maximum absolute atomic E-state index is 13.1. The highest BCUT2D eigenvalue weighted by Crippen LogP contribution is 2.32. The molecule has 2 aromatic rings. The Kier molecular flexibility index (Phi) is 8.11. The zero-order valence-electron chi connectivity index (χ0n) is 19.7. The van der Waals surface area contributed by atoms with Crippen LogP contribution in [0.15, 0.2) is 36.0 Å². The van der Waals surface area contributed by atoms with Crippen molar-refractivity contribution in [2.24, 2.45) is 0 Å². The highest BCUT2D eigenvalue weighted by Gasteiger charge is 2.34. The highest BCUT2D eigenvalue weighted by atomic mass is 19.4. The van der Waals surface area contributed by atoms with E-state index in [-0.39, 0.29) is 23.9 Å². The van der Waals surface area contributed by atoms with Gasteiger partial charge in [0.05, 0.1) is 35.4 Å². The van der Waals surface area contributed by atoms with E-state index in [9.17, 15) is 18.0 Å². The summed E-state index contributed by atoms with van der Waals surface area (Å²) in [6, 6.07) is 5.18. The first-order chi connectivity index (χ1) is 16.8. The molecule has 0 radical (unpaired) electrons. The van der Waals surface area contributed by atoms with Crippen LogP contribution in [0.5, 0.6) is 0 Å². The monoisotopic (exact) mass is 491 g/mol. The molecule has 2 fully saturated rings. The molecule has 2 aliphatic rings. The molecule has 35 heavy (non-hydrogen) atoms. The molecule has 1 aromatic heterocycles. The SMILES string of the molecule is CCCO[C@H]1CN(C2CCOCC2)C/C1=C/NC(=O)CNc1cc#[n+]c2ccc(C(F)(F)F)cc12. The van der Waals surface area contributed by atoms with Crippen LogP contribution >= 0.6 is 0 Å². The molecule has 1 atom stereocenters. The zero-order chi connectivity index (χ0) is 24.8. The van der Waals surface area contributed by atoms with Gasteiger partial charge in [0.2, 0.25) is 5.91 Å². The van der Waals surface area contributed by atoms with E-state index in [2.05, 4.69) is 33.6 Å². The number of amides is 1. The lowest BCUT2D eigenvalue weighted by Gasteiger charge is -2.30. The van der Waals surface area contributed by atoms with E-state index in [4.69, 9.17) is 9.47 Å². The van der Waals surface area contributed by atoms with Crippen molar-refractivity contribution in [1.29, 1.82) is 0 Å². The number of rotatable bonds is 8. The van der Waals surface area contributed by atoms with E-state index in [1.165, 1.54) is 12.1 Å². The Bertz CT molecular complexity index is 1050. The smallest absolute Gasteiger partial charge is 0.381 e. The summed E-state index contributed by atoms with van der Waals surface area (Å²) in [5, 5.41) is 6.00. The minimum Gasteiger partial charge on any atom is -0.381 e. The van der Waals surface area contributed by atoms with Crippen LogP contribution in [0, 0.1) is 6.20 Å². The number of likely N-dealkylation sites (tertiary alicyclic amines) is 1. The first kappa shape index (κ1) is 25.2. The summed E-state index contributed by atoms with van der Waals surface area (Å²) < 4.78 is 50.9. The molecule has 4 rings (SSSR count). The number of nitrogens with one attached hydrogen (secondary N) is 2. The number of alkyl halides is 3. The average Bonchev–Trinajstić information content (AvgIpc) is 3.27. The van der Waals surface area contributed by atoms with Crippen LogP contribution in [0.4, 0.5) is 18.9 Å². The number of carbonyl (C=O) groups is 1. The van der Waals surface area contributed by atoms with Crippen molar-refractivity contribution in [3.05, 3.63) is 47.8 Å². The summed E-state index contributed by atoms with van der Waals surface area (Å²) in [5.74, 6) is -0.312. The number of ether oxygens (including phenoxy) is 2. The number of carbonyl (C=O) groups excluding carboxylic acids is 1. The Morgan fingerprint density at radius 3 is 2.89 bits per heavy atom. The topological polar surface area (TPSA) is 76.9 Å². The van der Waals surface area contributed by atoms with Crippen molar-refractivity contribution < 1.29 is 32.4 Å². The number of fused-ring (bicyclic) bond motifs is 1. The molecule has 10 heteroatoms. The van der Waals surface area contributed by atoms with Crippen molar-refractivity contribution in [3.8, 4) is 0 Å². The normalized spacial score (nSPS) is 20.8. The van der Waals surface area contributed by atoms with E-state index in [0.717, 1.165) is 63.3 Å². The molecule has 0 saturated carbocycles. The first-order valence-electron chi connectivity index (χ1n) is 11.9. The summed E-state index contributed by atoms with van der Waals surface area (Å²) >= 11 is 0. The molecule has 0 bridgehead atoms. The quantitative estimate of drug-likeness (QED) is 0.592. The maximum atomic E-state index is 13.1. The molecule has 3 heterocycles. The number of benzene rings is 1. The summed E-state index contributed by atoms with van der Waals surface area (Å²) in [4.78, 5) is 18.9. The van der Waals surface area contributed by atoms with Crippen molar-refractivity contribution in [1.82, 2.24) is 10.2 Å². The summed E-state index contributed by atoms with van der Waals surface area (Å²) in [5.41, 5.74) is 0.958. The van der Waals surface area contributed by atoms with E-state index >= 15 is 0 Å². The molecule has 188 valence electrons. The van der Waals surface area contributed by atoms with E-state index in [0.29, 0.717) is 23.9 Å². The molecule has 0 unspecified atom stereocenters. The van der Waals surface area contributed by atoms with E-state index in [1.807, 2.05) is 0 Å². The maximum Gasteiger partial charge on any atom is 0.416 e. The van der Waals surface area contributed by atoms with Gasteiger partial charge in [-0.05, 0) is 42.0 Å². The van der Waals surface area contributed by atoms with E-state index in [1.54, 1.807) is 6.20 Å². The number of anilines is 1. The van der Waals surface area contributed by atoms with Gasteiger partial charge in [0, 0.05) is 51.2 Å². The van der Waals surface area contributed by atoms with Crippen LogP contribution in [0.1, 0.15) is 31.7 Å². The van der Waals surface area contributed by atoms with Gasteiger partial charge in [0.15, 0.2) is 0 Å².